The standard InChI is InChI=1S/C36H41FN8O7/c1-21-9-14-25(37)28(20-21)42-36(52)40-23-12-10-22(11-13-23)24-6-5-7-26-33(24)34(45-44-26)43-31(48)8-3-2-4-19-39-30(47)17-18-32(49)41-27(35(50)51)15-16-29(38)46/h5-7,9-14,20,27H,2-4,8,15-19H2,1H3,(H2,38,46)(H,39,47)(H,41,49)(H,50,51)(H2,40,42,52)(H2,43,44,45,48)/t27-/m0/s1. The molecule has 52 heavy (non-hydrogen) atoms. The highest BCUT2D eigenvalue weighted by Gasteiger charge is 2.21. The van der Waals surface area contributed by atoms with E-state index in [1.165, 1.54) is 6.07 Å². The van der Waals surface area contributed by atoms with Gasteiger partial charge < -0.3 is 37.4 Å². The molecule has 1 heterocycles. The molecule has 1 aromatic heterocycles. The van der Waals surface area contributed by atoms with E-state index in [0.29, 0.717) is 48.2 Å². The molecular weight excluding hydrogens is 675 g/mol. The number of hydrogen-bond donors (Lipinski definition) is 8. The lowest BCUT2D eigenvalue weighted by molar-refractivity contribution is -0.142. The average Bonchev–Trinajstić information content (AvgIpc) is 3.51. The average molecular weight is 717 g/mol. The summed E-state index contributed by atoms with van der Waals surface area (Å²) in [7, 11) is 0. The van der Waals surface area contributed by atoms with Crippen LogP contribution in [0.15, 0.2) is 60.7 Å². The van der Waals surface area contributed by atoms with Gasteiger partial charge in [0.2, 0.25) is 23.6 Å². The Morgan fingerprint density at radius 3 is 2.33 bits per heavy atom. The Kier molecular flexibility index (Phi) is 13.8. The minimum Gasteiger partial charge on any atom is -0.480 e. The Morgan fingerprint density at radius 2 is 1.60 bits per heavy atom. The monoisotopic (exact) mass is 716 g/mol. The molecule has 0 aliphatic carbocycles. The molecule has 0 aliphatic rings. The number of carboxylic acids is 1. The number of carbonyl (C=O) groups is 6. The van der Waals surface area contributed by atoms with Crippen LogP contribution in [0.3, 0.4) is 0 Å². The number of aromatic nitrogens is 2. The number of aliphatic carboxylic acids is 1. The number of aromatic amines is 1. The van der Waals surface area contributed by atoms with Gasteiger partial charge in [0.05, 0.1) is 16.6 Å². The summed E-state index contributed by atoms with van der Waals surface area (Å²) in [4.78, 5) is 71.5. The van der Waals surface area contributed by atoms with E-state index < -0.39 is 35.7 Å². The lowest BCUT2D eigenvalue weighted by Crippen LogP contribution is -2.41. The van der Waals surface area contributed by atoms with Crippen molar-refractivity contribution in [2.24, 2.45) is 5.73 Å². The van der Waals surface area contributed by atoms with Gasteiger partial charge in [-0.25, -0.2) is 14.0 Å². The van der Waals surface area contributed by atoms with Gasteiger partial charge >= 0.3 is 12.0 Å². The van der Waals surface area contributed by atoms with Gasteiger partial charge in [-0.2, -0.15) is 5.10 Å². The van der Waals surface area contributed by atoms with Crippen LogP contribution in [0.1, 0.15) is 56.9 Å². The summed E-state index contributed by atoms with van der Waals surface area (Å²) in [5.41, 5.74) is 8.73. The highest BCUT2D eigenvalue weighted by Crippen LogP contribution is 2.33. The summed E-state index contributed by atoms with van der Waals surface area (Å²) in [5, 5.41) is 30.2. The second-order valence-electron chi connectivity index (χ2n) is 12.1. The quantitative estimate of drug-likeness (QED) is 0.0678. The summed E-state index contributed by atoms with van der Waals surface area (Å²) >= 11 is 0. The Bertz CT molecular complexity index is 1930. The third-order valence-corrected chi connectivity index (χ3v) is 7.97. The molecule has 0 saturated carbocycles. The van der Waals surface area contributed by atoms with Gasteiger partial charge in [-0.05, 0) is 73.2 Å². The lowest BCUT2D eigenvalue weighted by atomic mass is 10.0. The van der Waals surface area contributed by atoms with E-state index in [1.807, 2.05) is 30.3 Å². The van der Waals surface area contributed by atoms with Gasteiger partial charge in [0.1, 0.15) is 11.9 Å². The first-order valence-corrected chi connectivity index (χ1v) is 16.7. The molecular formula is C36H41FN8O7. The topological polar surface area (TPSA) is 237 Å². The number of nitrogens with one attached hydrogen (secondary N) is 6. The predicted octanol–water partition coefficient (Wildman–Crippen LogP) is 4.55. The fourth-order valence-corrected chi connectivity index (χ4v) is 5.29. The SMILES string of the molecule is Cc1ccc(F)c(NC(=O)Nc2ccc(-c3cccc4[nH]nc(NC(=O)CCCCCNC(=O)CCC(=O)N[C@@H](CCC(N)=O)C(=O)O)c34)cc2)c1. The Morgan fingerprint density at radius 1 is 0.846 bits per heavy atom. The number of carboxylic acid groups (broad SMARTS) is 1. The smallest absolute Gasteiger partial charge is 0.326 e. The van der Waals surface area contributed by atoms with Crippen LogP contribution in [-0.4, -0.2) is 63.5 Å². The highest BCUT2D eigenvalue weighted by molar-refractivity contribution is 6.07. The summed E-state index contributed by atoms with van der Waals surface area (Å²) in [6, 6.07) is 15.2. The molecule has 4 rings (SSSR count). The second-order valence-corrected chi connectivity index (χ2v) is 12.1. The molecule has 0 aliphatic heterocycles. The van der Waals surface area contributed by atoms with E-state index >= 15 is 0 Å². The minimum absolute atomic E-state index is 0.0762. The fraction of sp³-hybridized carbons (Fsp3) is 0.306. The third kappa shape index (κ3) is 11.6. The van der Waals surface area contributed by atoms with Crippen molar-refractivity contribution < 1.29 is 38.3 Å². The number of fused-ring (bicyclic) bond motifs is 1. The van der Waals surface area contributed by atoms with Crippen molar-refractivity contribution in [2.45, 2.75) is 64.3 Å². The second kappa shape index (κ2) is 18.6. The maximum absolute atomic E-state index is 14.0. The van der Waals surface area contributed by atoms with E-state index in [0.717, 1.165) is 16.7 Å². The normalized spacial score (nSPS) is 11.3. The van der Waals surface area contributed by atoms with Crippen molar-refractivity contribution in [1.29, 1.82) is 0 Å². The zero-order valence-corrected chi connectivity index (χ0v) is 28.5. The molecule has 0 unspecified atom stereocenters. The molecule has 0 saturated heterocycles. The first-order chi connectivity index (χ1) is 24.9. The van der Waals surface area contributed by atoms with Crippen LogP contribution in [-0.2, 0) is 24.0 Å². The van der Waals surface area contributed by atoms with Gasteiger partial charge in [0.15, 0.2) is 5.82 Å². The van der Waals surface area contributed by atoms with Crippen molar-refractivity contribution in [3.05, 3.63) is 72.0 Å². The molecule has 4 aromatic rings. The summed E-state index contributed by atoms with van der Waals surface area (Å²) < 4.78 is 14.0. The molecule has 15 nitrogen and oxygen atoms in total. The van der Waals surface area contributed by atoms with E-state index in [4.69, 9.17) is 10.8 Å². The number of benzene rings is 3. The summed E-state index contributed by atoms with van der Waals surface area (Å²) in [6.45, 7) is 2.14. The third-order valence-electron chi connectivity index (χ3n) is 7.97. The van der Waals surface area contributed by atoms with E-state index in [1.54, 1.807) is 31.2 Å². The maximum atomic E-state index is 14.0. The van der Waals surface area contributed by atoms with Gasteiger partial charge in [-0.1, -0.05) is 36.8 Å². The molecule has 274 valence electrons. The number of amides is 6. The number of anilines is 3. The molecule has 0 radical (unpaired) electrons. The van der Waals surface area contributed by atoms with Crippen LogP contribution in [0.4, 0.5) is 26.4 Å². The number of unbranched alkanes of at least 4 members (excludes halogenated alkanes) is 2. The minimum atomic E-state index is -1.30. The van der Waals surface area contributed by atoms with E-state index in [9.17, 15) is 33.2 Å². The van der Waals surface area contributed by atoms with Crippen molar-refractivity contribution in [2.75, 3.05) is 22.5 Å². The molecule has 0 bridgehead atoms. The molecule has 9 N–H and O–H groups in total. The number of urea groups is 1. The number of primary amides is 1. The summed E-state index contributed by atoms with van der Waals surface area (Å²) in [6.07, 6.45) is 1.35. The van der Waals surface area contributed by atoms with Crippen molar-refractivity contribution in [3.63, 3.8) is 0 Å². The molecule has 0 fully saturated rings. The number of rotatable bonds is 18. The molecule has 0 spiro atoms. The van der Waals surface area contributed by atoms with Gasteiger partial charge in [0.25, 0.3) is 0 Å². The predicted molar refractivity (Wildman–Crippen MR) is 193 cm³/mol. The van der Waals surface area contributed by atoms with Gasteiger partial charge in [0, 0.05) is 37.9 Å². The first kappa shape index (κ1) is 38.5. The Hall–Kier alpha value is -6.32. The van der Waals surface area contributed by atoms with Crippen LogP contribution in [0.5, 0.6) is 0 Å². The largest absolute Gasteiger partial charge is 0.480 e. The van der Waals surface area contributed by atoms with Crippen LogP contribution < -0.4 is 32.3 Å². The molecule has 16 heteroatoms. The Balaban J connectivity index is 1.20. The van der Waals surface area contributed by atoms with E-state index in [2.05, 4.69) is 36.8 Å². The number of nitrogens with zero attached hydrogens (tertiary/aromatic N) is 1. The Labute approximate surface area is 298 Å². The first-order valence-electron chi connectivity index (χ1n) is 16.7. The molecule has 1 atom stereocenters. The van der Waals surface area contributed by atoms with Crippen LogP contribution in [0.25, 0.3) is 22.0 Å². The number of carbonyl (C=O) groups excluding carboxylic acids is 5. The zero-order valence-electron chi connectivity index (χ0n) is 28.5. The molecule has 3 aromatic carbocycles. The molecule has 6 amide bonds. The zero-order chi connectivity index (χ0) is 37.6. The number of hydrogen-bond acceptors (Lipinski definition) is 7. The van der Waals surface area contributed by atoms with Crippen LogP contribution >= 0.6 is 0 Å². The number of nitrogens with two attached hydrogens (primary N) is 1. The highest BCUT2D eigenvalue weighted by atomic mass is 19.1. The lowest BCUT2D eigenvalue weighted by Gasteiger charge is -2.13. The van der Waals surface area contributed by atoms with Crippen molar-refractivity contribution >= 4 is 63.7 Å². The van der Waals surface area contributed by atoms with Crippen molar-refractivity contribution in [3.8, 4) is 11.1 Å². The number of halogens is 1. The van der Waals surface area contributed by atoms with Gasteiger partial charge in [-0.3, -0.25) is 24.3 Å². The number of aryl methyl sites for hydroxylation is 1. The fourth-order valence-electron chi connectivity index (χ4n) is 5.29. The van der Waals surface area contributed by atoms with E-state index in [-0.39, 0.29) is 49.6 Å². The van der Waals surface area contributed by atoms with Crippen LogP contribution in [0.2, 0.25) is 0 Å². The van der Waals surface area contributed by atoms with Gasteiger partial charge in [-0.15, -0.1) is 0 Å². The maximum Gasteiger partial charge on any atom is 0.326 e. The summed E-state index contributed by atoms with van der Waals surface area (Å²) in [5.74, 6) is -3.37. The number of H-pyrrole nitrogens is 1. The van der Waals surface area contributed by atoms with Crippen LogP contribution in [0, 0.1) is 12.7 Å². The van der Waals surface area contributed by atoms with Crippen molar-refractivity contribution in [1.82, 2.24) is 20.8 Å².